The maximum absolute atomic E-state index is 5.26. The lowest BCUT2D eigenvalue weighted by Gasteiger charge is -2.28. The lowest BCUT2D eigenvalue weighted by Crippen LogP contribution is -2.23. The van der Waals surface area contributed by atoms with Crippen LogP contribution >= 0.6 is 0 Å². The highest BCUT2D eigenvalue weighted by Crippen LogP contribution is 2.29. The van der Waals surface area contributed by atoms with Gasteiger partial charge in [-0.1, -0.05) is 6.07 Å². The van der Waals surface area contributed by atoms with Gasteiger partial charge in [-0.3, -0.25) is 0 Å². The Labute approximate surface area is 123 Å². The number of benzene rings is 1. The summed E-state index contributed by atoms with van der Waals surface area (Å²) < 4.78 is 5.26. The highest BCUT2D eigenvalue weighted by molar-refractivity contribution is 5.60. The Balaban J connectivity index is 1.78. The third-order valence-corrected chi connectivity index (χ3v) is 4.47. The fraction of sp³-hybridized carbons (Fsp3) is 0.647. The van der Waals surface area contributed by atoms with Crippen LogP contribution in [0.3, 0.4) is 0 Å². The maximum atomic E-state index is 5.26. The van der Waals surface area contributed by atoms with Gasteiger partial charge < -0.3 is 15.4 Å². The van der Waals surface area contributed by atoms with Crippen LogP contribution in [-0.4, -0.2) is 27.3 Å². The van der Waals surface area contributed by atoms with Crippen molar-refractivity contribution >= 4 is 11.4 Å². The van der Waals surface area contributed by atoms with Crippen LogP contribution in [0.4, 0.5) is 11.4 Å². The summed E-state index contributed by atoms with van der Waals surface area (Å²) in [6.07, 6.45) is 5.28. The molecule has 2 rings (SSSR count). The monoisotopic (exact) mass is 276 g/mol. The Hall–Kier alpha value is -1.22. The molecule has 0 amide bonds. The van der Waals surface area contributed by atoms with Gasteiger partial charge in [0.25, 0.3) is 0 Å². The van der Waals surface area contributed by atoms with Gasteiger partial charge in [-0.05, 0) is 62.1 Å². The van der Waals surface area contributed by atoms with Crippen molar-refractivity contribution in [2.24, 2.45) is 11.8 Å². The van der Waals surface area contributed by atoms with Crippen molar-refractivity contribution in [2.75, 3.05) is 37.9 Å². The maximum Gasteiger partial charge on any atom is 0.0490 e. The lowest BCUT2D eigenvalue weighted by molar-refractivity contribution is 0.120. The molecule has 1 aromatic carbocycles. The van der Waals surface area contributed by atoms with Crippen LogP contribution in [0.2, 0.25) is 0 Å². The quantitative estimate of drug-likeness (QED) is 0.826. The van der Waals surface area contributed by atoms with Crippen LogP contribution in [-0.2, 0) is 4.74 Å². The molecule has 0 aliphatic heterocycles. The molecular formula is C17H28N2O. The summed E-state index contributed by atoms with van der Waals surface area (Å²) >= 11 is 0. The van der Waals surface area contributed by atoms with E-state index < -0.39 is 0 Å². The summed E-state index contributed by atoms with van der Waals surface area (Å²) in [6.45, 7) is 4.16. The van der Waals surface area contributed by atoms with Crippen molar-refractivity contribution in [3.63, 3.8) is 0 Å². The molecule has 1 aliphatic carbocycles. The number of anilines is 2. The molecular weight excluding hydrogens is 248 g/mol. The van der Waals surface area contributed by atoms with Gasteiger partial charge in [0.15, 0.2) is 0 Å². The molecule has 0 heterocycles. The van der Waals surface area contributed by atoms with Crippen LogP contribution in [0.15, 0.2) is 18.2 Å². The largest absolute Gasteiger partial charge is 0.388 e. The molecule has 1 saturated carbocycles. The number of nitrogens with one attached hydrogen (secondary N) is 2. The highest BCUT2D eigenvalue weighted by atomic mass is 16.5. The average Bonchev–Trinajstić information content (AvgIpc) is 2.48. The second-order valence-electron chi connectivity index (χ2n) is 6.00. The third kappa shape index (κ3) is 4.14. The number of rotatable bonds is 6. The number of hydrogen-bond acceptors (Lipinski definition) is 3. The van der Waals surface area contributed by atoms with E-state index in [1.54, 1.807) is 0 Å². The van der Waals surface area contributed by atoms with Gasteiger partial charge in [0, 0.05) is 38.7 Å². The fourth-order valence-corrected chi connectivity index (χ4v) is 3.10. The third-order valence-electron chi connectivity index (χ3n) is 4.47. The van der Waals surface area contributed by atoms with Crippen molar-refractivity contribution in [3.8, 4) is 0 Å². The SMILES string of the molecule is CNc1cc(NCC2CCC(COC)CC2)ccc1C. The summed E-state index contributed by atoms with van der Waals surface area (Å²) in [5, 5.41) is 6.83. The number of methoxy groups -OCH3 is 1. The molecule has 1 aromatic rings. The normalized spacial score (nSPS) is 22.6. The highest BCUT2D eigenvalue weighted by Gasteiger charge is 2.20. The number of hydrogen-bond donors (Lipinski definition) is 2. The van der Waals surface area contributed by atoms with Gasteiger partial charge >= 0.3 is 0 Å². The standard InChI is InChI=1S/C17H28N2O/c1-13-4-9-16(10-17(13)18-2)19-11-14-5-7-15(8-6-14)12-20-3/h4,9-10,14-15,18-19H,5-8,11-12H2,1-3H3. The minimum atomic E-state index is 0.784. The predicted octanol–water partition coefficient (Wildman–Crippen LogP) is 3.90. The molecule has 0 aromatic heterocycles. The average molecular weight is 276 g/mol. The number of aryl methyl sites for hydroxylation is 1. The Morgan fingerprint density at radius 3 is 2.50 bits per heavy atom. The van der Waals surface area contributed by atoms with Crippen molar-refractivity contribution in [2.45, 2.75) is 32.6 Å². The van der Waals surface area contributed by atoms with Gasteiger partial charge in [-0.2, -0.15) is 0 Å². The summed E-state index contributed by atoms with van der Waals surface area (Å²) in [5.74, 6) is 1.59. The van der Waals surface area contributed by atoms with E-state index in [2.05, 4.69) is 35.8 Å². The summed E-state index contributed by atoms with van der Waals surface area (Å²) in [4.78, 5) is 0. The van der Waals surface area contributed by atoms with Crippen LogP contribution in [0.5, 0.6) is 0 Å². The molecule has 0 saturated heterocycles. The first kappa shape index (κ1) is 15.2. The van der Waals surface area contributed by atoms with Crippen molar-refractivity contribution in [1.29, 1.82) is 0 Å². The molecule has 0 unspecified atom stereocenters. The molecule has 0 bridgehead atoms. The predicted molar refractivity (Wildman–Crippen MR) is 86.5 cm³/mol. The lowest BCUT2D eigenvalue weighted by atomic mass is 9.82. The molecule has 0 atom stereocenters. The van der Waals surface area contributed by atoms with E-state index in [4.69, 9.17) is 4.74 Å². The molecule has 2 N–H and O–H groups in total. The molecule has 1 aliphatic rings. The van der Waals surface area contributed by atoms with E-state index in [1.165, 1.54) is 42.6 Å². The summed E-state index contributed by atoms with van der Waals surface area (Å²) in [6, 6.07) is 6.54. The van der Waals surface area contributed by atoms with Gasteiger partial charge in [0.1, 0.15) is 0 Å². The first-order valence-corrected chi connectivity index (χ1v) is 7.74. The second-order valence-corrected chi connectivity index (χ2v) is 6.00. The number of ether oxygens (including phenoxy) is 1. The minimum Gasteiger partial charge on any atom is -0.388 e. The zero-order valence-corrected chi connectivity index (χ0v) is 13.0. The van der Waals surface area contributed by atoms with Gasteiger partial charge in [-0.15, -0.1) is 0 Å². The summed E-state index contributed by atoms with van der Waals surface area (Å²) in [5.41, 5.74) is 3.72. The van der Waals surface area contributed by atoms with E-state index in [0.717, 1.165) is 25.0 Å². The first-order chi connectivity index (χ1) is 9.72. The zero-order chi connectivity index (χ0) is 14.4. The van der Waals surface area contributed by atoms with Gasteiger partial charge in [-0.25, -0.2) is 0 Å². The second kappa shape index (κ2) is 7.53. The van der Waals surface area contributed by atoms with E-state index in [0.29, 0.717) is 0 Å². The fourth-order valence-electron chi connectivity index (χ4n) is 3.10. The molecule has 3 nitrogen and oxygen atoms in total. The van der Waals surface area contributed by atoms with Gasteiger partial charge in [0.2, 0.25) is 0 Å². The Morgan fingerprint density at radius 1 is 1.15 bits per heavy atom. The van der Waals surface area contributed by atoms with Crippen molar-refractivity contribution < 1.29 is 4.74 Å². The molecule has 3 heteroatoms. The van der Waals surface area contributed by atoms with Crippen LogP contribution in [0.25, 0.3) is 0 Å². The molecule has 1 fully saturated rings. The van der Waals surface area contributed by atoms with E-state index in [1.807, 2.05) is 14.2 Å². The zero-order valence-electron chi connectivity index (χ0n) is 13.0. The van der Waals surface area contributed by atoms with E-state index in [9.17, 15) is 0 Å². The van der Waals surface area contributed by atoms with Gasteiger partial charge in [0.05, 0.1) is 0 Å². The van der Waals surface area contributed by atoms with Crippen molar-refractivity contribution in [3.05, 3.63) is 23.8 Å². The van der Waals surface area contributed by atoms with E-state index in [-0.39, 0.29) is 0 Å². The summed E-state index contributed by atoms with van der Waals surface area (Å²) in [7, 11) is 3.79. The molecule has 20 heavy (non-hydrogen) atoms. The Morgan fingerprint density at radius 2 is 1.85 bits per heavy atom. The molecule has 0 spiro atoms. The van der Waals surface area contributed by atoms with Crippen molar-refractivity contribution in [1.82, 2.24) is 0 Å². The van der Waals surface area contributed by atoms with Crippen LogP contribution in [0.1, 0.15) is 31.2 Å². The molecule has 0 radical (unpaired) electrons. The topological polar surface area (TPSA) is 33.3 Å². The van der Waals surface area contributed by atoms with E-state index >= 15 is 0 Å². The van der Waals surface area contributed by atoms with Crippen LogP contribution < -0.4 is 10.6 Å². The Bertz CT molecular complexity index is 411. The first-order valence-electron chi connectivity index (χ1n) is 7.74. The molecule has 112 valence electrons. The minimum absolute atomic E-state index is 0.784. The smallest absolute Gasteiger partial charge is 0.0490 e. The Kier molecular flexibility index (Phi) is 5.72. The van der Waals surface area contributed by atoms with Crippen LogP contribution in [0, 0.1) is 18.8 Å².